The lowest BCUT2D eigenvalue weighted by molar-refractivity contribution is -0.120. The number of nitrogens with zero attached hydrogens (tertiary/aromatic N) is 1. The topological polar surface area (TPSA) is 63.4 Å². The minimum absolute atomic E-state index is 0.223. The van der Waals surface area contributed by atoms with Crippen LogP contribution in [0.15, 0.2) is 29.2 Å². The van der Waals surface area contributed by atoms with E-state index in [9.17, 15) is 9.59 Å². The minimum Gasteiger partial charge on any atom is -0.368 e. The summed E-state index contributed by atoms with van der Waals surface area (Å²) in [6.45, 7) is 0. The lowest BCUT2D eigenvalue weighted by Gasteiger charge is -2.28. The van der Waals surface area contributed by atoms with Crippen molar-refractivity contribution in [1.82, 2.24) is 4.31 Å². The molecule has 5 heteroatoms. The molecular formula is C10H10N2O2S. The van der Waals surface area contributed by atoms with Gasteiger partial charge in [0.1, 0.15) is 0 Å². The van der Waals surface area contributed by atoms with E-state index in [1.165, 1.54) is 11.9 Å². The number of hydrogen-bond donors (Lipinski definition) is 1. The first-order chi connectivity index (χ1) is 7.11. The molecule has 0 spiro atoms. The van der Waals surface area contributed by atoms with E-state index < -0.39 is 11.9 Å². The van der Waals surface area contributed by atoms with Crippen molar-refractivity contribution in [3.05, 3.63) is 29.8 Å². The van der Waals surface area contributed by atoms with Crippen molar-refractivity contribution in [2.24, 2.45) is 5.73 Å². The van der Waals surface area contributed by atoms with Crippen LogP contribution in [0.4, 0.5) is 0 Å². The van der Waals surface area contributed by atoms with E-state index in [2.05, 4.69) is 0 Å². The first-order valence-electron chi connectivity index (χ1n) is 4.44. The number of benzene rings is 1. The van der Waals surface area contributed by atoms with Crippen LogP contribution >= 0.6 is 11.9 Å². The number of ketones is 1. The van der Waals surface area contributed by atoms with Crippen LogP contribution in [0.3, 0.4) is 0 Å². The van der Waals surface area contributed by atoms with E-state index in [4.69, 9.17) is 5.73 Å². The fraction of sp³-hybridized carbons (Fsp3) is 0.200. The number of hydrogen-bond acceptors (Lipinski definition) is 4. The molecule has 1 amide bonds. The summed E-state index contributed by atoms with van der Waals surface area (Å²) in [5.74, 6) is -0.830. The van der Waals surface area contributed by atoms with Gasteiger partial charge < -0.3 is 5.73 Å². The van der Waals surface area contributed by atoms with Crippen molar-refractivity contribution in [3.8, 4) is 0 Å². The number of nitrogens with two attached hydrogens (primary N) is 1. The van der Waals surface area contributed by atoms with Crippen LogP contribution in [-0.2, 0) is 4.79 Å². The Hall–Kier alpha value is -1.33. The van der Waals surface area contributed by atoms with Gasteiger partial charge in [0.15, 0.2) is 11.8 Å². The normalized spacial score (nSPS) is 21.1. The molecule has 1 aliphatic rings. The number of rotatable bonds is 1. The number of amides is 1. The summed E-state index contributed by atoms with van der Waals surface area (Å²) in [4.78, 5) is 23.9. The Labute approximate surface area is 91.6 Å². The molecule has 0 saturated heterocycles. The molecule has 15 heavy (non-hydrogen) atoms. The highest BCUT2D eigenvalue weighted by atomic mass is 32.2. The molecule has 1 aliphatic heterocycles. The van der Waals surface area contributed by atoms with Crippen LogP contribution in [-0.4, -0.2) is 29.1 Å². The second kappa shape index (κ2) is 3.67. The zero-order chi connectivity index (χ0) is 11.0. The standard InChI is InChI=1S/C10H10N2O2S/c1-12-8(10(11)14)9(13)6-4-2-3-5-7(6)15-12/h2-5,8H,1H3,(H2,11,14). The fourth-order valence-electron chi connectivity index (χ4n) is 1.58. The molecule has 0 aliphatic carbocycles. The molecule has 1 heterocycles. The average Bonchev–Trinajstić information content (AvgIpc) is 2.17. The molecule has 2 rings (SSSR count). The summed E-state index contributed by atoms with van der Waals surface area (Å²) in [5, 5.41) is 0. The molecule has 0 bridgehead atoms. The van der Waals surface area contributed by atoms with E-state index in [1.54, 1.807) is 23.5 Å². The fourth-order valence-corrected chi connectivity index (χ4v) is 2.60. The summed E-state index contributed by atoms with van der Waals surface area (Å²) in [5.41, 5.74) is 5.76. The van der Waals surface area contributed by atoms with Gasteiger partial charge >= 0.3 is 0 Å². The molecule has 1 atom stereocenters. The van der Waals surface area contributed by atoms with Gasteiger partial charge in [0, 0.05) is 10.5 Å². The van der Waals surface area contributed by atoms with Crippen molar-refractivity contribution < 1.29 is 9.59 Å². The van der Waals surface area contributed by atoms with Gasteiger partial charge in [-0.2, -0.15) is 0 Å². The van der Waals surface area contributed by atoms with Gasteiger partial charge in [0.25, 0.3) is 0 Å². The van der Waals surface area contributed by atoms with Crippen LogP contribution in [0.1, 0.15) is 10.4 Å². The maximum atomic E-state index is 11.9. The van der Waals surface area contributed by atoms with E-state index in [-0.39, 0.29) is 5.78 Å². The van der Waals surface area contributed by atoms with Crippen LogP contribution in [0.25, 0.3) is 0 Å². The molecule has 1 aromatic rings. The molecule has 78 valence electrons. The number of Topliss-reactive ketones (excluding diaryl/α,β-unsaturated/α-hetero) is 1. The van der Waals surface area contributed by atoms with Crippen molar-refractivity contribution in [3.63, 3.8) is 0 Å². The van der Waals surface area contributed by atoms with Crippen LogP contribution in [0.5, 0.6) is 0 Å². The first-order valence-corrected chi connectivity index (χ1v) is 5.22. The number of primary amides is 1. The molecule has 1 unspecified atom stereocenters. The number of fused-ring (bicyclic) bond motifs is 1. The quantitative estimate of drug-likeness (QED) is 0.560. The summed E-state index contributed by atoms with van der Waals surface area (Å²) in [6.07, 6.45) is 0. The van der Waals surface area contributed by atoms with Crippen LogP contribution < -0.4 is 5.73 Å². The minimum atomic E-state index is -0.857. The van der Waals surface area contributed by atoms with Crippen molar-refractivity contribution >= 4 is 23.6 Å². The molecule has 0 aromatic heterocycles. The van der Waals surface area contributed by atoms with Gasteiger partial charge in [-0.1, -0.05) is 18.2 Å². The SMILES string of the molecule is CN1Sc2ccccc2C(=O)C1C(N)=O. The Bertz CT molecular complexity index is 433. The molecule has 1 aromatic carbocycles. The van der Waals surface area contributed by atoms with E-state index >= 15 is 0 Å². The number of likely N-dealkylation sites (N-methyl/N-ethyl adjacent to an activating group) is 1. The van der Waals surface area contributed by atoms with Crippen molar-refractivity contribution in [2.45, 2.75) is 10.9 Å². The lowest BCUT2D eigenvalue weighted by atomic mass is 10.0. The third-order valence-electron chi connectivity index (χ3n) is 2.28. The van der Waals surface area contributed by atoms with E-state index in [0.717, 1.165) is 4.90 Å². The Morgan fingerprint density at radius 2 is 2.13 bits per heavy atom. The zero-order valence-corrected chi connectivity index (χ0v) is 8.95. The Morgan fingerprint density at radius 1 is 1.47 bits per heavy atom. The molecule has 2 N–H and O–H groups in total. The second-order valence-corrected chi connectivity index (χ2v) is 4.50. The number of carbonyl (C=O) groups is 2. The van der Waals surface area contributed by atoms with Gasteiger partial charge in [-0.3, -0.25) is 9.59 Å². The molecule has 0 fully saturated rings. The zero-order valence-electron chi connectivity index (χ0n) is 8.14. The monoisotopic (exact) mass is 222 g/mol. The largest absolute Gasteiger partial charge is 0.368 e. The number of carbonyl (C=O) groups excluding carboxylic acids is 2. The van der Waals surface area contributed by atoms with Gasteiger partial charge in [-0.25, -0.2) is 4.31 Å². The molecular weight excluding hydrogens is 212 g/mol. The second-order valence-electron chi connectivity index (χ2n) is 3.30. The Kier molecular flexibility index (Phi) is 2.50. The first kappa shape index (κ1) is 10.2. The predicted octanol–water partition coefficient (Wildman–Crippen LogP) is 0.676. The molecule has 0 saturated carbocycles. The highest BCUT2D eigenvalue weighted by Gasteiger charge is 2.35. The maximum absolute atomic E-state index is 11.9. The summed E-state index contributed by atoms with van der Waals surface area (Å²) >= 11 is 1.36. The van der Waals surface area contributed by atoms with Gasteiger partial charge in [0.05, 0.1) is 0 Å². The van der Waals surface area contributed by atoms with E-state index in [0.29, 0.717) is 5.56 Å². The smallest absolute Gasteiger partial charge is 0.243 e. The lowest BCUT2D eigenvalue weighted by Crippen LogP contribution is -2.47. The van der Waals surface area contributed by atoms with Crippen molar-refractivity contribution in [1.29, 1.82) is 0 Å². The highest BCUT2D eigenvalue weighted by molar-refractivity contribution is 7.97. The summed E-state index contributed by atoms with van der Waals surface area (Å²) in [6, 6.07) is 6.35. The molecule has 0 radical (unpaired) electrons. The highest BCUT2D eigenvalue weighted by Crippen LogP contribution is 2.33. The van der Waals surface area contributed by atoms with Crippen molar-refractivity contribution in [2.75, 3.05) is 7.05 Å². The summed E-state index contributed by atoms with van der Waals surface area (Å²) < 4.78 is 1.59. The maximum Gasteiger partial charge on any atom is 0.243 e. The van der Waals surface area contributed by atoms with Crippen LogP contribution in [0, 0.1) is 0 Å². The van der Waals surface area contributed by atoms with Crippen LogP contribution in [0.2, 0.25) is 0 Å². The van der Waals surface area contributed by atoms with Gasteiger partial charge in [-0.15, -0.1) is 0 Å². The Balaban J connectivity index is 2.47. The van der Waals surface area contributed by atoms with Gasteiger partial charge in [-0.05, 0) is 25.1 Å². The predicted molar refractivity (Wildman–Crippen MR) is 57.4 cm³/mol. The average molecular weight is 222 g/mol. The third kappa shape index (κ3) is 1.64. The van der Waals surface area contributed by atoms with E-state index in [1.807, 2.05) is 12.1 Å². The third-order valence-corrected chi connectivity index (χ3v) is 3.33. The Morgan fingerprint density at radius 3 is 2.80 bits per heavy atom. The molecule has 4 nitrogen and oxygen atoms in total. The van der Waals surface area contributed by atoms with Gasteiger partial charge in [0.2, 0.25) is 5.91 Å². The summed E-state index contributed by atoms with van der Waals surface area (Å²) in [7, 11) is 1.69.